The van der Waals surface area contributed by atoms with E-state index >= 15 is 0 Å². The fourth-order valence-corrected chi connectivity index (χ4v) is 3.62. The average Bonchev–Trinajstić information content (AvgIpc) is 3.09. The highest BCUT2D eigenvalue weighted by atomic mass is 16.5. The van der Waals surface area contributed by atoms with E-state index in [0.29, 0.717) is 0 Å². The predicted octanol–water partition coefficient (Wildman–Crippen LogP) is 5.13. The Morgan fingerprint density at radius 2 is 1.48 bits per heavy atom. The van der Waals surface area contributed by atoms with Crippen LogP contribution in [0.4, 0.5) is 5.88 Å². The van der Waals surface area contributed by atoms with Gasteiger partial charge in [-0.3, -0.25) is 14.9 Å². The van der Waals surface area contributed by atoms with Crippen LogP contribution in [0.5, 0.6) is 0 Å². The number of amides is 1. The Balaban J connectivity index is 1.91. The Hall–Kier alpha value is -3.67. The van der Waals surface area contributed by atoms with E-state index in [9.17, 15) is 14.4 Å². The first-order valence-electron chi connectivity index (χ1n) is 10.1. The molecule has 1 heterocycles. The molecule has 1 aromatic heterocycles. The molecule has 0 unspecified atom stereocenters. The Morgan fingerprint density at radius 3 is 1.97 bits per heavy atom. The minimum atomic E-state index is -0.706. The molecule has 1 N–H and O–H groups in total. The van der Waals surface area contributed by atoms with Crippen LogP contribution in [0.1, 0.15) is 63.8 Å². The number of hydrogen-bond acceptors (Lipinski definition) is 5. The molecule has 6 nitrogen and oxygen atoms in total. The van der Waals surface area contributed by atoms with Gasteiger partial charge < -0.3 is 9.15 Å². The molecule has 0 bridgehead atoms. The lowest BCUT2D eigenvalue weighted by Gasteiger charge is -2.17. The van der Waals surface area contributed by atoms with Crippen LogP contribution in [0.3, 0.4) is 0 Å². The number of hydrogen-bond donors (Lipinski definition) is 1. The molecule has 160 valence electrons. The number of ketones is 1. The smallest absolute Gasteiger partial charge is 0.344 e. The summed E-state index contributed by atoms with van der Waals surface area (Å²) in [5, 5.41) is 2.68. The molecule has 0 aliphatic carbocycles. The number of carbonyl (C=O) groups is 3. The van der Waals surface area contributed by atoms with E-state index in [1.165, 1.54) is 6.92 Å². The standard InChI is InChI=1S/C25H25NO5/c1-4-30-25(29)23-22(16(2)27)17(3)31-24(23)26-21(28)15-20(18-11-7-5-8-12-18)19-13-9-6-10-14-19/h5-14,20H,4,15H2,1-3H3,(H,26,28). The lowest BCUT2D eigenvalue weighted by Crippen LogP contribution is -2.19. The van der Waals surface area contributed by atoms with Crippen molar-refractivity contribution in [2.45, 2.75) is 33.1 Å². The maximum absolute atomic E-state index is 13.0. The van der Waals surface area contributed by atoms with Crippen molar-refractivity contribution in [3.05, 3.63) is 88.7 Å². The van der Waals surface area contributed by atoms with E-state index < -0.39 is 5.97 Å². The summed E-state index contributed by atoms with van der Waals surface area (Å²) in [5.41, 5.74) is 2.07. The van der Waals surface area contributed by atoms with Gasteiger partial charge in [-0.1, -0.05) is 60.7 Å². The second-order valence-electron chi connectivity index (χ2n) is 7.14. The van der Waals surface area contributed by atoms with Crippen molar-refractivity contribution in [2.75, 3.05) is 11.9 Å². The van der Waals surface area contributed by atoms with E-state index in [-0.39, 0.29) is 53.4 Å². The van der Waals surface area contributed by atoms with E-state index in [4.69, 9.17) is 9.15 Å². The normalized spacial score (nSPS) is 10.7. The van der Waals surface area contributed by atoms with E-state index in [1.807, 2.05) is 60.7 Å². The van der Waals surface area contributed by atoms with Crippen LogP contribution in [0, 0.1) is 6.92 Å². The highest BCUT2D eigenvalue weighted by Gasteiger charge is 2.29. The molecule has 1 amide bonds. The zero-order valence-electron chi connectivity index (χ0n) is 17.8. The molecule has 0 aliphatic rings. The first-order chi connectivity index (χ1) is 14.9. The quantitative estimate of drug-likeness (QED) is 0.404. The fourth-order valence-electron chi connectivity index (χ4n) is 3.62. The fraction of sp³-hybridized carbons (Fsp3) is 0.240. The average molecular weight is 419 g/mol. The first-order valence-corrected chi connectivity index (χ1v) is 10.1. The van der Waals surface area contributed by atoms with Crippen LogP contribution in [0.2, 0.25) is 0 Å². The minimum absolute atomic E-state index is 0.0452. The van der Waals surface area contributed by atoms with Crippen molar-refractivity contribution < 1.29 is 23.5 Å². The summed E-state index contributed by atoms with van der Waals surface area (Å²) < 4.78 is 10.7. The van der Waals surface area contributed by atoms with Crippen molar-refractivity contribution >= 4 is 23.5 Å². The van der Waals surface area contributed by atoms with E-state index in [2.05, 4.69) is 5.32 Å². The maximum atomic E-state index is 13.0. The van der Waals surface area contributed by atoms with Gasteiger partial charge in [0.1, 0.15) is 11.3 Å². The number of aryl methyl sites for hydroxylation is 1. The van der Waals surface area contributed by atoms with Gasteiger partial charge in [0.2, 0.25) is 11.8 Å². The zero-order valence-corrected chi connectivity index (χ0v) is 17.8. The molecule has 0 spiro atoms. The van der Waals surface area contributed by atoms with Crippen LogP contribution >= 0.6 is 0 Å². The molecule has 0 aliphatic heterocycles. The largest absolute Gasteiger partial charge is 0.462 e. The van der Waals surface area contributed by atoms with Gasteiger partial charge in [0, 0.05) is 12.3 Å². The number of esters is 1. The Labute approximate surface area is 181 Å². The van der Waals surface area contributed by atoms with Gasteiger partial charge in [-0.2, -0.15) is 0 Å². The minimum Gasteiger partial charge on any atom is -0.462 e. The first kappa shape index (κ1) is 22.0. The van der Waals surface area contributed by atoms with Crippen molar-refractivity contribution in [1.29, 1.82) is 0 Å². The third kappa shape index (κ3) is 5.09. The van der Waals surface area contributed by atoms with Crippen LogP contribution < -0.4 is 5.32 Å². The van der Waals surface area contributed by atoms with Crippen LogP contribution in [-0.2, 0) is 9.53 Å². The van der Waals surface area contributed by atoms with E-state index in [1.54, 1.807) is 13.8 Å². The van der Waals surface area contributed by atoms with Gasteiger partial charge in [0.15, 0.2) is 5.78 Å². The molecule has 2 aromatic carbocycles. The van der Waals surface area contributed by atoms with Crippen LogP contribution in [0.25, 0.3) is 0 Å². The molecule has 0 atom stereocenters. The third-order valence-electron chi connectivity index (χ3n) is 4.96. The van der Waals surface area contributed by atoms with Crippen molar-refractivity contribution in [3.63, 3.8) is 0 Å². The summed E-state index contributed by atoms with van der Waals surface area (Å²) >= 11 is 0. The van der Waals surface area contributed by atoms with E-state index in [0.717, 1.165) is 11.1 Å². The summed E-state index contributed by atoms with van der Waals surface area (Å²) in [6, 6.07) is 19.4. The Bertz CT molecular complexity index is 1030. The lowest BCUT2D eigenvalue weighted by molar-refractivity contribution is -0.116. The summed E-state index contributed by atoms with van der Waals surface area (Å²) in [6.45, 7) is 4.72. The number of ether oxygens (including phenoxy) is 1. The number of furan rings is 1. The molecule has 31 heavy (non-hydrogen) atoms. The molecule has 0 saturated carbocycles. The highest BCUT2D eigenvalue weighted by molar-refractivity contribution is 6.10. The lowest BCUT2D eigenvalue weighted by atomic mass is 9.88. The van der Waals surface area contributed by atoms with Gasteiger partial charge in [0.25, 0.3) is 0 Å². The molecule has 0 saturated heterocycles. The summed E-state index contributed by atoms with van der Waals surface area (Å²) in [7, 11) is 0. The van der Waals surface area contributed by atoms with Crippen LogP contribution in [-0.4, -0.2) is 24.3 Å². The van der Waals surface area contributed by atoms with Crippen molar-refractivity contribution in [3.8, 4) is 0 Å². The molecule has 0 fully saturated rings. The second kappa shape index (κ2) is 9.89. The summed E-state index contributed by atoms with van der Waals surface area (Å²) in [4.78, 5) is 37.5. The number of nitrogens with one attached hydrogen (secondary N) is 1. The summed E-state index contributed by atoms with van der Waals surface area (Å²) in [6.07, 6.45) is 0.130. The Morgan fingerprint density at radius 1 is 0.935 bits per heavy atom. The second-order valence-corrected chi connectivity index (χ2v) is 7.14. The molecular weight excluding hydrogens is 394 g/mol. The van der Waals surface area contributed by atoms with Gasteiger partial charge in [-0.25, -0.2) is 4.79 Å². The molecule has 3 rings (SSSR count). The molecule has 3 aromatic rings. The maximum Gasteiger partial charge on any atom is 0.344 e. The third-order valence-corrected chi connectivity index (χ3v) is 4.96. The topological polar surface area (TPSA) is 85.6 Å². The van der Waals surface area contributed by atoms with Gasteiger partial charge in [0.05, 0.1) is 12.2 Å². The predicted molar refractivity (Wildman–Crippen MR) is 117 cm³/mol. The Kier molecular flexibility index (Phi) is 7.03. The number of rotatable bonds is 8. The van der Waals surface area contributed by atoms with Gasteiger partial charge in [-0.15, -0.1) is 0 Å². The van der Waals surface area contributed by atoms with Crippen LogP contribution in [0.15, 0.2) is 65.1 Å². The number of carbonyl (C=O) groups excluding carboxylic acids is 3. The molecular formula is C25H25NO5. The van der Waals surface area contributed by atoms with Gasteiger partial charge >= 0.3 is 5.97 Å². The SMILES string of the molecule is CCOC(=O)c1c(NC(=O)CC(c2ccccc2)c2ccccc2)oc(C)c1C(C)=O. The number of anilines is 1. The van der Waals surface area contributed by atoms with Gasteiger partial charge in [-0.05, 0) is 31.9 Å². The zero-order chi connectivity index (χ0) is 22.4. The molecule has 6 heteroatoms. The summed E-state index contributed by atoms with van der Waals surface area (Å²) in [5.74, 6) is -1.37. The highest BCUT2D eigenvalue weighted by Crippen LogP contribution is 2.31. The van der Waals surface area contributed by atoms with Crippen molar-refractivity contribution in [1.82, 2.24) is 0 Å². The monoisotopic (exact) mass is 419 g/mol. The molecule has 0 radical (unpaired) electrons. The number of benzene rings is 2. The van der Waals surface area contributed by atoms with Crippen molar-refractivity contribution in [2.24, 2.45) is 0 Å². The number of Topliss-reactive ketones (excluding diaryl/α,β-unsaturated/α-hetero) is 1.